The smallest absolute Gasteiger partial charge is 0.225 e. The fourth-order valence-electron chi connectivity index (χ4n) is 1.37. The quantitative estimate of drug-likeness (QED) is 0.509. The minimum atomic E-state index is -0.392. The van der Waals surface area contributed by atoms with Gasteiger partial charge in [-0.15, -0.1) is 0 Å². The fourth-order valence-corrected chi connectivity index (χ4v) is 1.37. The highest BCUT2D eigenvalue weighted by molar-refractivity contribution is 5.81. The average molecular weight is 288 g/mol. The molecule has 6 nitrogen and oxygen atoms in total. The Morgan fingerprint density at radius 2 is 1.70 bits per heavy atom. The van der Waals surface area contributed by atoms with Crippen LogP contribution in [0.15, 0.2) is 0 Å². The van der Waals surface area contributed by atoms with E-state index >= 15 is 0 Å². The zero-order valence-corrected chi connectivity index (χ0v) is 12.8. The Bertz CT molecular complexity index is 287. The van der Waals surface area contributed by atoms with Crippen LogP contribution in [-0.2, 0) is 14.3 Å². The monoisotopic (exact) mass is 288 g/mol. The Hall–Kier alpha value is -1.14. The van der Waals surface area contributed by atoms with Gasteiger partial charge in [-0.2, -0.15) is 0 Å². The van der Waals surface area contributed by atoms with Crippen molar-refractivity contribution in [3.63, 3.8) is 0 Å². The predicted molar refractivity (Wildman–Crippen MR) is 77.2 cm³/mol. The number of amides is 2. The van der Waals surface area contributed by atoms with Crippen LogP contribution in [0.25, 0.3) is 0 Å². The molecule has 20 heavy (non-hydrogen) atoms. The summed E-state index contributed by atoms with van der Waals surface area (Å²) in [5.74, 6) is -0.0175. The van der Waals surface area contributed by atoms with Crippen LogP contribution in [0.1, 0.15) is 40.0 Å². The van der Waals surface area contributed by atoms with Crippen molar-refractivity contribution in [3.05, 3.63) is 0 Å². The van der Waals surface area contributed by atoms with Crippen LogP contribution in [0.5, 0.6) is 0 Å². The first kappa shape index (κ1) is 18.9. The van der Waals surface area contributed by atoms with E-state index in [0.717, 1.165) is 6.42 Å². The molecular formula is C14H28N2O4. The van der Waals surface area contributed by atoms with E-state index in [4.69, 9.17) is 9.84 Å². The molecule has 0 aromatic carbocycles. The molecule has 6 heteroatoms. The Kier molecular flexibility index (Phi) is 10.0. The molecule has 0 spiro atoms. The van der Waals surface area contributed by atoms with Gasteiger partial charge in [0.05, 0.1) is 13.2 Å². The summed E-state index contributed by atoms with van der Waals surface area (Å²) in [7, 11) is 0. The van der Waals surface area contributed by atoms with Crippen LogP contribution in [-0.4, -0.2) is 49.8 Å². The molecule has 0 aliphatic heterocycles. The maximum atomic E-state index is 11.6. The van der Waals surface area contributed by atoms with Crippen molar-refractivity contribution in [2.75, 3.05) is 32.9 Å². The Balaban J connectivity index is 3.44. The van der Waals surface area contributed by atoms with Gasteiger partial charge in [0.25, 0.3) is 0 Å². The Labute approximate surface area is 121 Å². The minimum absolute atomic E-state index is 0.000981. The van der Waals surface area contributed by atoms with Gasteiger partial charge < -0.3 is 20.5 Å². The summed E-state index contributed by atoms with van der Waals surface area (Å²) >= 11 is 0. The molecule has 0 atom stereocenters. The second-order valence-corrected chi connectivity index (χ2v) is 5.65. The van der Waals surface area contributed by atoms with E-state index in [1.165, 1.54) is 0 Å². The summed E-state index contributed by atoms with van der Waals surface area (Å²) in [6, 6.07) is 0. The molecular weight excluding hydrogens is 260 g/mol. The number of ether oxygens (including phenoxy) is 1. The van der Waals surface area contributed by atoms with Gasteiger partial charge >= 0.3 is 0 Å². The average Bonchev–Trinajstić information content (AvgIpc) is 2.37. The van der Waals surface area contributed by atoms with Crippen molar-refractivity contribution in [1.29, 1.82) is 0 Å². The maximum Gasteiger partial charge on any atom is 0.225 e. The van der Waals surface area contributed by atoms with Gasteiger partial charge in [0.2, 0.25) is 11.8 Å². The number of hydrogen-bond acceptors (Lipinski definition) is 4. The van der Waals surface area contributed by atoms with E-state index in [0.29, 0.717) is 39.1 Å². The van der Waals surface area contributed by atoms with Gasteiger partial charge in [0.15, 0.2) is 0 Å². The molecule has 3 N–H and O–H groups in total. The van der Waals surface area contributed by atoms with E-state index in [-0.39, 0.29) is 18.4 Å². The van der Waals surface area contributed by atoms with Crippen molar-refractivity contribution in [1.82, 2.24) is 10.6 Å². The van der Waals surface area contributed by atoms with Gasteiger partial charge in [-0.3, -0.25) is 9.59 Å². The summed E-state index contributed by atoms with van der Waals surface area (Å²) < 4.78 is 5.07. The molecule has 0 saturated carbocycles. The number of carbonyl (C=O) groups is 2. The number of hydrogen-bond donors (Lipinski definition) is 3. The van der Waals surface area contributed by atoms with Crippen LogP contribution >= 0.6 is 0 Å². The van der Waals surface area contributed by atoms with Crippen LogP contribution in [0.2, 0.25) is 0 Å². The van der Waals surface area contributed by atoms with Gasteiger partial charge in [0, 0.05) is 31.5 Å². The number of aliphatic hydroxyl groups is 1. The molecule has 0 bridgehead atoms. The number of rotatable bonds is 10. The van der Waals surface area contributed by atoms with Crippen molar-refractivity contribution in [2.24, 2.45) is 5.41 Å². The third-order valence-electron chi connectivity index (χ3n) is 2.57. The molecule has 0 aromatic heterocycles. The van der Waals surface area contributed by atoms with Crippen LogP contribution < -0.4 is 10.6 Å². The molecule has 0 fully saturated rings. The SMILES string of the molecule is CC(C)(C)C(=O)NCCCC(=O)NCCCOCCO. The van der Waals surface area contributed by atoms with E-state index in [1.54, 1.807) is 0 Å². The third-order valence-corrected chi connectivity index (χ3v) is 2.57. The molecule has 0 aliphatic rings. The van der Waals surface area contributed by atoms with Crippen molar-refractivity contribution in [3.8, 4) is 0 Å². The molecule has 2 amide bonds. The lowest BCUT2D eigenvalue weighted by Gasteiger charge is -2.17. The molecule has 0 radical (unpaired) electrons. The minimum Gasteiger partial charge on any atom is -0.394 e. The topological polar surface area (TPSA) is 87.7 Å². The molecule has 0 saturated heterocycles. The third kappa shape index (κ3) is 10.8. The molecule has 0 aliphatic carbocycles. The summed E-state index contributed by atoms with van der Waals surface area (Å²) in [5.41, 5.74) is -0.392. The maximum absolute atomic E-state index is 11.6. The summed E-state index contributed by atoms with van der Waals surface area (Å²) in [4.78, 5) is 23.0. The van der Waals surface area contributed by atoms with Crippen molar-refractivity contribution >= 4 is 11.8 Å². The van der Waals surface area contributed by atoms with Gasteiger partial charge in [0.1, 0.15) is 0 Å². The second-order valence-electron chi connectivity index (χ2n) is 5.65. The lowest BCUT2D eigenvalue weighted by atomic mass is 9.96. The highest BCUT2D eigenvalue weighted by atomic mass is 16.5. The van der Waals surface area contributed by atoms with E-state index in [2.05, 4.69) is 10.6 Å². The Morgan fingerprint density at radius 1 is 1.05 bits per heavy atom. The van der Waals surface area contributed by atoms with E-state index < -0.39 is 5.41 Å². The highest BCUT2D eigenvalue weighted by Gasteiger charge is 2.20. The van der Waals surface area contributed by atoms with Crippen LogP contribution in [0, 0.1) is 5.41 Å². The second kappa shape index (κ2) is 10.6. The van der Waals surface area contributed by atoms with Crippen molar-refractivity contribution in [2.45, 2.75) is 40.0 Å². The van der Waals surface area contributed by atoms with Crippen LogP contribution in [0.3, 0.4) is 0 Å². The first-order chi connectivity index (χ1) is 9.38. The standard InChI is InChI=1S/C14H28N2O4/c1-14(2,3)13(19)16-7-4-6-12(18)15-8-5-10-20-11-9-17/h17H,4-11H2,1-3H3,(H,15,18)(H,16,19). The first-order valence-electron chi connectivity index (χ1n) is 7.11. The van der Waals surface area contributed by atoms with Crippen molar-refractivity contribution < 1.29 is 19.4 Å². The number of aliphatic hydroxyl groups excluding tert-OH is 1. The van der Waals surface area contributed by atoms with Crippen LogP contribution in [0.4, 0.5) is 0 Å². The summed E-state index contributed by atoms with van der Waals surface area (Å²) in [5, 5.41) is 14.1. The molecule has 0 aromatic rings. The normalized spacial score (nSPS) is 11.2. The number of nitrogens with one attached hydrogen (secondary N) is 2. The van der Waals surface area contributed by atoms with Gasteiger partial charge in [-0.1, -0.05) is 20.8 Å². The number of carbonyl (C=O) groups excluding carboxylic acids is 2. The molecule has 0 heterocycles. The zero-order chi connectivity index (χ0) is 15.4. The highest BCUT2D eigenvalue weighted by Crippen LogP contribution is 2.12. The lowest BCUT2D eigenvalue weighted by Crippen LogP contribution is -2.35. The Morgan fingerprint density at radius 3 is 2.30 bits per heavy atom. The summed E-state index contributed by atoms with van der Waals surface area (Å²) in [6.45, 7) is 7.54. The summed E-state index contributed by atoms with van der Waals surface area (Å²) in [6.07, 6.45) is 1.77. The lowest BCUT2D eigenvalue weighted by molar-refractivity contribution is -0.128. The predicted octanol–water partition coefficient (Wildman–Crippen LogP) is 0.444. The molecule has 0 rings (SSSR count). The van der Waals surface area contributed by atoms with Gasteiger partial charge in [-0.25, -0.2) is 0 Å². The van der Waals surface area contributed by atoms with Gasteiger partial charge in [-0.05, 0) is 12.8 Å². The molecule has 0 unspecified atom stereocenters. The van der Waals surface area contributed by atoms with E-state index in [9.17, 15) is 9.59 Å². The fraction of sp³-hybridized carbons (Fsp3) is 0.857. The molecule has 118 valence electrons. The van der Waals surface area contributed by atoms with E-state index in [1.807, 2.05) is 20.8 Å². The first-order valence-corrected chi connectivity index (χ1v) is 7.11. The largest absolute Gasteiger partial charge is 0.394 e. The zero-order valence-electron chi connectivity index (χ0n) is 12.8.